The lowest BCUT2D eigenvalue weighted by molar-refractivity contribution is -0.140. The van der Waals surface area contributed by atoms with Crippen molar-refractivity contribution >= 4 is 17.5 Å². The molecule has 5 heteroatoms. The Kier molecular flexibility index (Phi) is 5.26. The standard InChI is InChI=1S/C15H21ClN2O2/c1-3-13(20-14-7-5-4-6-12(14)16)15(19)18-9-8-17-11(2)10-18/h4-7,11,13,17H,3,8-10H2,1-2H3. The first-order valence-corrected chi connectivity index (χ1v) is 7.43. The van der Waals surface area contributed by atoms with Crippen molar-refractivity contribution in [1.82, 2.24) is 10.2 Å². The van der Waals surface area contributed by atoms with Crippen LogP contribution >= 0.6 is 11.6 Å². The Morgan fingerprint density at radius 2 is 2.30 bits per heavy atom. The number of hydrogen-bond acceptors (Lipinski definition) is 3. The first-order chi connectivity index (χ1) is 9.61. The molecule has 4 nitrogen and oxygen atoms in total. The van der Waals surface area contributed by atoms with Gasteiger partial charge in [-0.25, -0.2) is 0 Å². The van der Waals surface area contributed by atoms with Gasteiger partial charge in [0.05, 0.1) is 5.02 Å². The molecule has 110 valence electrons. The number of carbonyl (C=O) groups excluding carboxylic acids is 1. The van der Waals surface area contributed by atoms with Crippen LogP contribution < -0.4 is 10.1 Å². The molecule has 0 radical (unpaired) electrons. The predicted molar refractivity (Wildman–Crippen MR) is 80.2 cm³/mol. The molecule has 2 rings (SSSR count). The van der Waals surface area contributed by atoms with Crippen molar-refractivity contribution in [3.8, 4) is 5.75 Å². The van der Waals surface area contributed by atoms with Gasteiger partial charge >= 0.3 is 0 Å². The summed E-state index contributed by atoms with van der Waals surface area (Å²) < 4.78 is 5.80. The molecular formula is C15H21ClN2O2. The Morgan fingerprint density at radius 1 is 1.55 bits per heavy atom. The minimum absolute atomic E-state index is 0.0424. The molecule has 1 fully saturated rings. The van der Waals surface area contributed by atoms with E-state index in [-0.39, 0.29) is 5.91 Å². The van der Waals surface area contributed by atoms with E-state index in [2.05, 4.69) is 12.2 Å². The Morgan fingerprint density at radius 3 is 2.95 bits per heavy atom. The number of piperazine rings is 1. The number of benzene rings is 1. The molecule has 1 amide bonds. The van der Waals surface area contributed by atoms with E-state index < -0.39 is 6.10 Å². The minimum atomic E-state index is -0.472. The molecular weight excluding hydrogens is 276 g/mol. The number of hydrogen-bond donors (Lipinski definition) is 1. The first kappa shape index (κ1) is 15.1. The van der Waals surface area contributed by atoms with Crippen LogP contribution in [0.4, 0.5) is 0 Å². The average Bonchev–Trinajstić information content (AvgIpc) is 2.46. The molecule has 2 atom stereocenters. The zero-order valence-electron chi connectivity index (χ0n) is 11.9. The molecule has 1 aromatic rings. The van der Waals surface area contributed by atoms with Crippen LogP contribution in [0, 0.1) is 0 Å². The Hall–Kier alpha value is -1.26. The van der Waals surface area contributed by atoms with Gasteiger partial charge < -0.3 is 15.0 Å². The van der Waals surface area contributed by atoms with E-state index in [0.29, 0.717) is 23.2 Å². The first-order valence-electron chi connectivity index (χ1n) is 7.05. The Balaban J connectivity index is 2.04. The van der Waals surface area contributed by atoms with Gasteiger partial charge in [-0.1, -0.05) is 30.7 Å². The maximum Gasteiger partial charge on any atom is 0.263 e. The summed E-state index contributed by atoms with van der Waals surface area (Å²) in [5, 5.41) is 3.86. The number of halogens is 1. The van der Waals surface area contributed by atoms with Gasteiger partial charge in [-0.15, -0.1) is 0 Å². The van der Waals surface area contributed by atoms with Crippen molar-refractivity contribution < 1.29 is 9.53 Å². The molecule has 1 saturated heterocycles. The molecule has 1 heterocycles. The molecule has 0 saturated carbocycles. The van der Waals surface area contributed by atoms with Crippen LogP contribution in [-0.2, 0) is 4.79 Å². The van der Waals surface area contributed by atoms with Crippen LogP contribution in [0.25, 0.3) is 0 Å². The zero-order chi connectivity index (χ0) is 14.5. The van der Waals surface area contributed by atoms with Crippen LogP contribution in [0.3, 0.4) is 0 Å². The Labute approximate surface area is 125 Å². The van der Waals surface area contributed by atoms with Crippen molar-refractivity contribution in [2.45, 2.75) is 32.4 Å². The highest BCUT2D eigenvalue weighted by atomic mass is 35.5. The van der Waals surface area contributed by atoms with E-state index >= 15 is 0 Å². The zero-order valence-corrected chi connectivity index (χ0v) is 12.7. The summed E-state index contributed by atoms with van der Waals surface area (Å²) in [6, 6.07) is 7.58. The Bertz CT molecular complexity index is 467. The quantitative estimate of drug-likeness (QED) is 0.927. The maximum absolute atomic E-state index is 12.5. The third-order valence-corrected chi connectivity index (χ3v) is 3.74. The van der Waals surface area contributed by atoms with Crippen molar-refractivity contribution in [2.75, 3.05) is 19.6 Å². The molecule has 20 heavy (non-hydrogen) atoms. The highest BCUT2D eigenvalue weighted by Gasteiger charge is 2.28. The highest BCUT2D eigenvalue weighted by molar-refractivity contribution is 6.32. The minimum Gasteiger partial charge on any atom is -0.479 e. The van der Waals surface area contributed by atoms with E-state index in [1.807, 2.05) is 24.0 Å². The molecule has 0 aliphatic carbocycles. The van der Waals surface area contributed by atoms with Crippen molar-refractivity contribution in [2.24, 2.45) is 0 Å². The lowest BCUT2D eigenvalue weighted by atomic mass is 10.2. The van der Waals surface area contributed by atoms with Crippen molar-refractivity contribution in [3.63, 3.8) is 0 Å². The number of amides is 1. The van der Waals surface area contributed by atoms with Gasteiger partial charge in [0.2, 0.25) is 0 Å². The van der Waals surface area contributed by atoms with Gasteiger partial charge in [0, 0.05) is 25.7 Å². The van der Waals surface area contributed by atoms with E-state index in [4.69, 9.17) is 16.3 Å². The largest absolute Gasteiger partial charge is 0.479 e. The number of rotatable bonds is 4. The second kappa shape index (κ2) is 6.95. The van der Waals surface area contributed by atoms with E-state index in [1.54, 1.807) is 12.1 Å². The summed E-state index contributed by atoms with van der Waals surface area (Å²) in [5.41, 5.74) is 0. The summed E-state index contributed by atoms with van der Waals surface area (Å²) in [6.07, 6.45) is 0.155. The normalized spacial score (nSPS) is 20.6. The van der Waals surface area contributed by atoms with Gasteiger partial charge in [0.15, 0.2) is 6.10 Å². The van der Waals surface area contributed by atoms with Crippen LogP contribution in [0.2, 0.25) is 5.02 Å². The SMILES string of the molecule is CCC(Oc1ccccc1Cl)C(=O)N1CCNC(C)C1. The van der Waals surface area contributed by atoms with E-state index in [1.165, 1.54) is 0 Å². The molecule has 2 unspecified atom stereocenters. The molecule has 0 spiro atoms. The molecule has 0 bridgehead atoms. The van der Waals surface area contributed by atoms with Crippen LogP contribution in [-0.4, -0.2) is 42.6 Å². The second-order valence-electron chi connectivity index (χ2n) is 5.08. The topological polar surface area (TPSA) is 41.6 Å². The number of nitrogens with zero attached hydrogens (tertiary/aromatic N) is 1. The fourth-order valence-electron chi connectivity index (χ4n) is 2.34. The van der Waals surface area contributed by atoms with Crippen molar-refractivity contribution in [3.05, 3.63) is 29.3 Å². The lowest BCUT2D eigenvalue weighted by Crippen LogP contribution is -2.54. The number of ether oxygens (including phenoxy) is 1. The smallest absolute Gasteiger partial charge is 0.263 e. The maximum atomic E-state index is 12.5. The average molecular weight is 297 g/mol. The highest BCUT2D eigenvalue weighted by Crippen LogP contribution is 2.25. The summed E-state index contributed by atoms with van der Waals surface area (Å²) >= 11 is 6.08. The van der Waals surface area contributed by atoms with Crippen molar-refractivity contribution in [1.29, 1.82) is 0 Å². The number of para-hydroxylation sites is 1. The van der Waals surface area contributed by atoms with Crippen LogP contribution in [0.1, 0.15) is 20.3 Å². The van der Waals surface area contributed by atoms with Gasteiger partial charge in [-0.05, 0) is 25.5 Å². The van der Waals surface area contributed by atoms with Gasteiger partial charge in [-0.2, -0.15) is 0 Å². The van der Waals surface area contributed by atoms with Crippen LogP contribution in [0.15, 0.2) is 24.3 Å². The fourth-order valence-corrected chi connectivity index (χ4v) is 2.52. The third-order valence-electron chi connectivity index (χ3n) is 3.43. The molecule has 0 aromatic heterocycles. The van der Waals surface area contributed by atoms with E-state index in [0.717, 1.165) is 19.6 Å². The summed E-state index contributed by atoms with van der Waals surface area (Å²) in [6.45, 7) is 6.31. The summed E-state index contributed by atoms with van der Waals surface area (Å²) in [4.78, 5) is 14.4. The van der Waals surface area contributed by atoms with Gasteiger partial charge in [0.1, 0.15) is 5.75 Å². The lowest BCUT2D eigenvalue weighted by Gasteiger charge is -2.34. The van der Waals surface area contributed by atoms with Gasteiger partial charge in [-0.3, -0.25) is 4.79 Å². The predicted octanol–water partition coefficient (Wildman–Crippen LogP) is 2.32. The molecule has 1 aromatic carbocycles. The third kappa shape index (κ3) is 3.64. The molecule has 1 aliphatic rings. The monoisotopic (exact) mass is 296 g/mol. The molecule has 1 N–H and O–H groups in total. The fraction of sp³-hybridized carbons (Fsp3) is 0.533. The molecule has 1 aliphatic heterocycles. The van der Waals surface area contributed by atoms with E-state index in [9.17, 15) is 4.79 Å². The van der Waals surface area contributed by atoms with Crippen LogP contribution in [0.5, 0.6) is 5.75 Å². The summed E-state index contributed by atoms with van der Waals surface area (Å²) in [5.74, 6) is 0.610. The second-order valence-corrected chi connectivity index (χ2v) is 5.49. The number of carbonyl (C=O) groups is 1. The number of nitrogens with one attached hydrogen (secondary N) is 1. The summed E-state index contributed by atoms with van der Waals surface area (Å²) in [7, 11) is 0. The van der Waals surface area contributed by atoms with Gasteiger partial charge in [0.25, 0.3) is 5.91 Å².